The molecule has 1 N–H and O–H groups in total. The average molecular weight is 302 g/mol. The number of nitrogens with zero attached hydrogens (tertiary/aromatic N) is 2. The molecule has 1 aliphatic rings. The smallest absolute Gasteiger partial charge is 0.137 e. The highest BCUT2D eigenvalue weighted by molar-refractivity contribution is 7.85. The second-order valence-electron chi connectivity index (χ2n) is 4.92. The lowest BCUT2D eigenvalue weighted by molar-refractivity contribution is 0.621. The van der Waals surface area contributed by atoms with Gasteiger partial charge in [0.25, 0.3) is 0 Å². The van der Waals surface area contributed by atoms with Crippen molar-refractivity contribution in [3.8, 4) is 0 Å². The summed E-state index contributed by atoms with van der Waals surface area (Å²) in [6.45, 7) is 4.03. The highest BCUT2D eigenvalue weighted by atomic mass is 35.5. The fraction of sp³-hybridized carbons (Fsp3) is 0.692. The summed E-state index contributed by atoms with van der Waals surface area (Å²) in [7, 11) is -0.635. The van der Waals surface area contributed by atoms with Crippen molar-refractivity contribution >= 4 is 28.2 Å². The van der Waals surface area contributed by atoms with Crippen molar-refractivity contribution in [2.24, 2.45) is 0 Å². The van der Waals surface area contributed by atoms with E-state index in [1.807, 2.05) is 6.92 Å². The monoisotopic (exact) mass is 301 g/mol. The molecule has 0 atom stereocenters. The summed E-state index contributed by atoms with van der Waals surface area (Å²) in [5.74, 6) is 3.18. The highest BCUT2D eigenvalue weighted by Crippen LogP contribution is 2.23. The molecule has 0 spiro atoms. The molecule has 6 heteroatoms. The molecule has 1 fully saturated rings. The number of halogens is 1. The summed E-state index contributed by atoms with van der Waals surface area (Å²) >= 11 is 6.16. The van der Waals surface area contributed by atoms with E-state index in [0.717, 1.165) is 54.4 Å². The van der Waals surface area contributed by atoms with Gasteiger partial charge in [0, 0.05) is 40.3 Å². The van der Waals surface area contributed by atoms with Gasteiger partial charge in [0.05, 0.1) is 0 Å². The quantitative estimate of drug-likeness (QED) is 0.869. The van der Waals surface area contributed by atoms with Crippen LogP contribution in [0.2, 0.25) is 5.15 Å². The molecule has 1 aliphatic heterocycles. The molecule has 1 aromatic rings. The zero-order chi connectivity index (χ0) is 13.8. The summed E-state index contributed by atoms with van der Waals surface area (Å²) in [5, 5.41) is 3.97. The van der Waals surface area contributed by atoms with Crippen LogP contribution in [0.5, 0.6) is 0 Å². The second kappa shape index (κ2) is 6.66. The lowest BCUT2D eigenvalue weighted by atomic mass is 10.1. The molecule has 106 valence electrons. The van der Waals surface area contributed by atoms with Gasteiger partial charge in [-0.3, -0.25) is 4.21 Å². The van der Waals surface area contributed by atoms with Crippen molar-refractivity contribution in [3.05, 3.63) is 16.5 Å². The van der Waals surface area contributed by atoms with E-state index in [1.54, 1.807) is 0 Å². The van der Waals surface area contributed by atoms with Crippen molar-refractivity contribution in [1.82, 2.24) is 9.97 Å². The maximum atomic E-state index is 11.4. The fourth-order valence-corrected chi connectivity index (χ4v) is 3.63. The predicted molar refractivity (Wildman–Crippen MR) is 80.3 cm³/mol. The van der Waals surface area contributed by atoms with E-state index in [2.05, 4.69) is 22.2 Å². The zero-order valence-corrected chi connectivity index (χ0v) is 13.0. The lowest BCUT2D eigenvalue weighted by Crippen LogP contribution is -2.30. The van der Waals surface area contributed by atoms with Gasteiger partial charge in [0.2, 0.25) is 0 Å². The molecule has 0 amide bonds. The second-order valence-corrected chi connectivity index (χ2v) is 6.98. The fourth-order valence-electron chi connectivity index (χ4n) is 2.14. The lowest BCUT2D eigenvalue weighted by Gasteiger charge is -2.24. The van der Waals surface area contributed by atoms with Crippen molar-refractivity contribution in [2.45, 2.75) is 45.6 Å². The van der Waals surface area contributed by atoms with E-state index < -0.39 is 10.8 Å². The summed E-state index contributed by atoms with van der Waals surface area (Å²) in [6.07, 6.45) is 3.69. The maximum Gasteiger partial charge on any atom is 0.137 e. The van der Waals surface area contributed by atoms with Crippen LogP contribution in [0.25, 0.3) is 0 Å². The Hall–Kier alpha value is -0.680. The third-order valence-corrected chi connectivity index (χ3v) is 5.09. The largest absolute Gasteiger partial charge is 0.367 e. The van der Waals surface area contributed by atoms with E-state index in [0.29, 0.717) is 11.2 Å². The first kappa shape index (κ1) is 14.7. The summed E-state index contributed by atoms with van der Waals surface area (Å²) in [5.41, 5.74) is 0.896. The molecule has 0 unspecified atom stereocenters. The van der Waals surface area contributed by atoms with Crippen molar-refractivity contribution in [2.75, 3.05) is 16.8 Å². The Morgan fingerprint density at radius 3 is 2.68 bits per heavy atom. The molecular weight excluding hydrogens is 282 g/mol. The molecule has 0 bridgehead atoms. The SMILES string of the molecule is CCCc1nc(Cl)c(C)c(NC2CCS(=O)CC2)n1. The minimum atomic E-state index is -0.635. The number of nitrogens with one attached hydrogen (secondary N) is 1. The van der Waals surface area contributed by atoms with Gasteiger partial charge < -0.3 is 5.32 Å². The number of anilines is 1. The topological polar surface area (TPSA) is 54.9 Å². The Morgan fingerprint density at radius 2 is 2.05 bits per heavy atom. The molecule has 0 aromatic carbocycles. The number of aromatic nitrogens is 2. The van der Waals surface area contributed by atoms with Crippen LogP contribution in [0, 0.1) is 6.92 Å². The standard InChI is InChI=1S/C13H20ClN3OS/c1-3-4-11-16-12(14)9(2)13(17-11)15-10-5-7-19(18)8-6-10/h10H,3-8H2,1-2H3,(H,15,16,17). The van der Waals surface area contributed by atoms with E-state index in [9.17, 15) is 4.21 Å². The normalized spacial score (nSPS) is 23.3. The Kier molecular flexibility index (Phi) is 5.16. The third-order valence-electron chi connectivity index (χ3n) is 3.34. The molecule has 4 nitrogen and oxygen atoms in total. The van der Waals surface area contributed by atoms with E-state index in [4.69, 9.17) is 11.6 Å². The van der Waals surface area contributed by atoms with Crippen LogP contribution in [0.4, 0.5) is 5.82 Å². The molecule has 19 heavy (non-hydrogen) atoms. The van der Waals surface area contributed by atoms with Gasteiger partial charge in [0.1, 0.15) is 16.8 Å². The van der Waals surface area contributed by atoms with Gasteiger partial charge in [-0.25, -0.2) is 9.97 Å². The van der Waals surface area contributed by atoms with Crippen molar-refractivity contribution in [3.63, 3.8) is 0 Å². The average Bonchev–Trinajstić information content (AvgIpc) is 2.38. The minimum Gasteiger partial charge on any atom is -0.367 e. The maximum absolute atomic E-state index is 11.4. The molecule has 1 saturated heterocycles. The van der Waals surface area contributed by atoms with Crippen LogP contribution < -0.4 is 5.32 Å². The number of aryl methyl sites for hydroxylation is 1. The molecule has 0 saturated carbocycles. The van der Waals surface area contributed by atoms with Crippen LogP contribution in [-0.4, -0.2) is 31.7 Å². The van der Waals surface area contributed by atoms with Crippen LogP contribution in [0.15, 0.2) is 0 Å². The summed E-state index contributed by atoms with van der Waals surface area (Å²) < 4.78 is 11.4. The minimum absolute atomic E-state index is 0.344. The summed E-state index contributed by atoms with van der Waals surface area (Å²) in [6, 6.07) is 0.344. The van der Waals surface area contributed by atoms with Crippen LogP contribution in [-0.2, 0) is 17.2 Å². The Labute approximate surface area is 121 Å². The molecule has 1 aromatic heterocycles. The highest BCUT2D eigenvalue weighted by Gasteiger charge is 2.19. The molecule has 0 radical (unpaired) electrons. The first-order chi connectivity index (χ1) is 9.10. The van der Waals surface area contributed by atoms with Crippen LogP contribution >= 0.6 is 11.6 Å². The molecule has 2 rings (SSSR count). The van der Waals surface area contributed by atoms with Crippen molar-refractivity contribution < 1.29 is 4.21 Å². The predicted octanol–water partition coefficient (Wildman–Crippen LogP) is 2.71. The Morgan fingerprint density at radius 1 is 1.37 bits per heavy atom. The zero-order valence-electron chi connectivity index (χ0n) is 11.4. The Bertz CT molecular complexity index is 471. The van der Waals surface area contributed by atoms with Gasteiger partial charge in [0.15, 0.2) is 0 Å². The number of rotatable bonds is 4. The van der Waals surface area contributed by atoms with E-state index >= 15 is 0 Å². The van der Waals surface area contributed by atoms with Gasteiger partial charge in [-0.15, -0.1) is 0 Å². The number of hydrogen-bond acceptors (Lipinski definition) is 4. The van der Waals surface area contributed by atoms with Gasteiger partial charge in [-0.1, -0.05) is 18.5 Å². The van der Waals surface area contributed by atoms with Gasteiger partial charge in [-0.05, 0) is 26.2 Å². The first-order valence-corrected chi connectivity index (χ1v) is 8.61. The van der Waals surface area contributed by atoms with Crippen molar-refractivity contribution in [1.29, 1.82) is 0 Å². The molecule has 0 aliphatic carbocycles. The van der Waals surface area contributed by atoms with E-state index in [-0.39, 0.29) is 0 Å². The van der Waals surface area contributed by atoms with Crippen LogP contribution in [0.1, 0.15) is 37.6 Å². The van der Waals surface area contributed by atoms with Gasteiger partial charge in [-0.2, -0.15) is 0 Å². The molecular formula is C13H20ClN3OS. The number of hydrogen-bond donors (Lipinski definition) is 1. The third kappa shape index (κ3) is 3.89. The van der Waals surface area contributed by atoms with E-state index in [1.165, 1.54) is 0 Å². The Balaban J connectivity index is 2.12. The van der Waals surface area contributed by atoms with Gasteiger partial charge >= 0.3 is 0 Å². The molecule has 2 heterocycles. The summed E-state index contributed by atoms with van der Waals surface area (Å²) in [4.78, 5) is 8.85. The van der Waals surface area contributed by atoms with Crippen LogP contribution in [0.3, 0.4) is 0 Å². The first-order valence-electron chi connectivity index (χ1n) is 6.74.